The van der Waals surface area contributed by atoms with E-state index >= 15 is 0 Å². The summed E-state index contributed by atoms with van der Waals surface area (Å²) in [7, 11) is 0. The van der Waals surface area contributed by atoms with E-state index in [0.717, 1.165) is 24.2 Å². The van der Waals surface area contributed by atoms with Gasteiger partial charge in [0, 0.05) is 5.56 Å². The second kappa shape index (κ2) is 10.1. The van der Waals surface area contributed by atoms with Crippen molar-refractivity contribution in [3.05, 3.63) is 53.6 Å². The maximum absolute atomic E-state index is 12.5. The fourth-order valence-electron chi connectivity index (χ4n) is 3.44. The van der Waals surface area contributed by atoms with E-state index in [1.165, 1.54) is 9.80 Å². The van der Waals surface area contributed by atoms with Crippen molar-refractivity contribution in [3.8, 4) is 11.5 Å². The summed E-state index contributed by atoms with van der Waals surface area (Å²) in [5.74, 6) is 0.138. The Kier molecular flexibility index (Phi) is 7.25. The zero-order valence-electron chi connectivity index (χ0n) is 18.1. The number of carbonyl (C=O) groups excluding carboxylic acids is 2. The Bertz CT molecular complexity index is 985. The molecule has 0 radical (unpaired) electrons. The van der Waals surface area contributed by atoms with E-state index in [1.54, 1.807) is 37.3 Å². The Hall–Kier alpha value is -3.39. The number of phenols is 1. The molecule has 3 N–H and O–H groups in total. The average Bonchev–Trinajstić information content (AvgIpc) is 2.78. The lowest BCUT2D eigenvalue weighted by atomic mass is 10.1. The number of carbonyl (C=O) groups is 2. The predicted octanol–water partition coefficient (Wildman–Crippen LogP) is 1.08. The smallest absolute Gasteiger partial charge is 0.265 e. The third kappa shape index (κ3) is 5.40. The van der Waals surface area contributed by atoms with E-state index in [2.05, 4.69) is 24.4 Å². The molecule has 1 aliphatic rings. The summed E-state index contributed by atoms with van der Waals surface area (Å²) in [5.41, 5.74) is 5.35. The number of nitrogens with one attached hydrogen (secondary N) is 2. The van der Waals surface area contributed by atoms with Crippen molar-refractivity contribution in [1.82, 2.24) is 5.43 Å². The molecule has 0 saturated carbocycles. The molecule has 0 fully saturated rings. The Morgan fingerprint density at radius 2 is 1.97 bits per heavy atom. The lowest BCUT2D eigenvalue weighted by Crippen LogP contribution is -3.10. The highest BCUT2D eigenvalue weighted by atomic mass is 16.5. The number of fused-ring (bicyclic) bond motifs is 1. The molecule has 3 rings (SSSR count). The van der Waals surface area contributed by atoms with Crippen molar-refractivity contribution in [1.29, 1.82) is 0 Å². The number of rotatable bonds is 8. The van der Waals surface area contributed by atoms with Crippen LogP contribution in [0.3, 0.4) is 0 Å². The standard InChI is InChI=1S/C23H28N4O4/c1-4-26(5-2)13-18-12-17(10-11-20(18)28)16(3)24-25-22(29)14-27-19-8-6-7-9-21(19)31-15-23(27)30/h6-12,28H,4-5,13-15H2,1-3H3,(H,25,29)/p+1/b24-16+. The molecule has 2 aromatic rings. The van der Waals surface area contributed by atoms with Crippen LogP contribution in [0.1, 0.15) is 31.9 Å². The number of aromatic hydroxyl groups is 1. The topological polar surface area (TPSA) is 95.7 Å². The normalized spacial score (nSPS) is 13.7. The van der Waals surface area contributed by atoms with Gasteiger partial charge in [-0.05, 0) is 56.7 Å². The van der Waals surface area contributed by atoms with Crippen LogP contribution in [0.4, 0.5) is 5.69 Å². The highest BCUT2D eigenvalue weighted by Crippen LogP contribution is 2.31. The zero-order chi connectivity index (χ0) is 22.4. The van der Waals surface area contributed by atoms with Crippen LogP contribution in [-0.4, -0.2) is 48.9 Å². The zero-order valence-corrected chi connectivity index (χ0v) is 18.1. The van der Waals surface area contributed by atoms with Crippen molar-refractivity contribution in [3.63, 3.8) is 0 Å². The molecular formula is C23H29N4O4+. The predicted molar refractivity (Wildman–Crippen MR) is 118 cm³/mol. The van der Waals surface area contributed by atoms with E-state index in [4.69, 9.17) is 4.74 Å². The largest absolute Gasteiger partial charge is 0.507 e. The van der Waals surface area contributed by atoms with Gasteiger partial charge < -0.3 is 14.7 Å². The van der Waals surface area contributed by atoms with E-state index in [9.17, 15) is 14.7 Å². The van der Waals surface area contributed by atoms with Crippen molar-refractivity contribution in [2.75, 3.05) is 31.1 Å². The Labute approximate surface area is 182 Å². The van der Waals surface area contributed by atoms with Gasteiger partial charge in [0.2, 0.25) is 0 Å². The summed E-state index contributed by atoms with van der Waals surface area (Å²) in [6.07, 6.45) is 0. The van der Waals surface area contributed by atoms with Crippen LogP contribution in [0.15, 0.2) is 47.6 Å². The number of hydrogen-bond donors (Lipinski definition) is 3. The van der Waals surface area contributed by atoms with E-state index < -0.39 is 5.91 Å². The number of hydrazone groups is 1. The van der Waals surface area contributed by atoms with Gasteiger partial charge >= 0.3 is 0 Å². The summed E-state index contributed by atoms with van der Waals surface area (Å²) < 4.78 is 5.40. The lowest BCUT2D eigenvalue weighted by Gasteiger charge is -2.28. The minimum absolute atomic E-state index is 0.0998. The molecule has 31 heavy (non-hydrogen) atoms. The van der Waals surface area contributed by atoms with Crippen LogP contribution in [0.25, 0.3) is 0 Å². The van der Waals surface area contributed by atoms with Crippen molar-refractivity contribution < 1.29 is 24.3 Å². The summed E-state index contributed by atoms with van der Waals surface area (Å²) in [6.45, 7) is 8.40. The van der Waals surface area contributed by atoms with Crippen molar-refractivity contribution in [2.45, 2.75) is 27.3 Å². The fraction of sp³-hybridized carbons (Fsp3) is 0.348. The molecular weight excluding hydrogens is 396 g/mol. The van der Waals surface area contributed by atoms with Gasteiger partial charge in [0.05, 0.1) is 24.5 Å². The molecule has 0 atom stereocenters. The molecule has 2 aromatic carbocycles. The highest BCUT2D eigenvalue weighted by molar-refractivity contribution is 6.03. The van der Waals surface area contributed by atoms with E-state index in [1.807, 2.05) is 12.1 Å². The average molecular weight is 426 g/mol. The van der Waals surface area contributed by atoms with Gasteiger partial charge in [-0.3, -0.25) is 14.5 Å². The maximum Gasteiger partial charge on any atom is 0.265 e. The van der Waals surface area contributed by atoms with Crippen LogP contribution in [-0.2, 0) is 16.1 Å². The fourth-order valence-corrected chi connectivity index (χ4v) is 3.44. The molecule has 164 valence electrons. The molecule has 0 saturated heterocycles. The molecule has 1 heterocycles. The van der Waals surface area contributed by atoms with E-state index in [0.29, 0.717) is 23.7 Å². The molecule has 1 aliphatic heterocycles. The summed E-state index contributed by atoms with van der Waals surface area (Å²) in [4.78, 5) is 27.4. The molecule has 0 spiro atoms. The molecule has 0 bridgehead atoms. The number of para-hydroxylation sites is 2. The first kappa shape index (κ1) is 22.3. The van der Waals surface area contributed by atoms with Crippen LogP contribution in [0.2, 0.25) is 0 Å². The van der Waals surface area contributed by atoms with Crippen LogP contribution < -0.4 is 20.0 Å². The number of hydrogen-bond acceptors (Lipinski definition) is 5. The Morgan fingerprint density at radius 1 is 1.23 bits per heavy atom. The minimum atomic E-state index is -0.406. The summed E-state index contributed by atoms with van der Waals surface area (Å²) in [6, 6.07) is 12.4. The second-order valence-corrected chi connectivity index (χ2v) is 7.45. The SMILES string of the molecule is CC[NH+](CC)Cc1cc(/C(C)=N/NC(=O)CN2C(=O)COc3ccccc32)ccc1O. The number of nitrogens with zero attached hydrogens (tertiary/aromatic N) is 2. The van der Waals surface area contributed by atoms with Crippen molar-refractivity contribution in [2.24, 2.45) is 5.10 Å². The monoisotopic (exact) mass is 425 g/mol. The summed E-state index contributed by atoms with van der Waals surface area (Å²) in [5, 5.41) is 14.4. The highest BCUT2D eigenvalue weighted by Gasteiger charge is 2.26. The van der Waals surface area contributed by atoms with Gasteiger partial charge in [-0.25, -0.2) is 5.43 Å². The van der Waals surface area contributed by atoms with Crippen LogP contribution in [0.5, 0.6) is 11.5 Å². The van der Waals surface area contributed by atoms with Gasteiger partial charge in [0.25, 0.3) is 11.8 Å². The minimum Gasteiger partial charge on any atom is -0.507 e. The first-order chi connectivity index (χ1) is 14.9. The first-order valence-electron chi connectivity index (χ1n) is 10.4. The van der Waals surface area contributed by atoms with Gasteiger partial charge in [0.1, 0.15) is 24.6 Å². The summed E-state index contributed by atoms with van der Waals surface area (Å²) >= 11 is 0. The van der Waals surface area contributed by atoms with Crippen LogP contribution in [0, 0.1) is 0 Å². The first-order valence-corrected chi connectivity index (χ1v) is 10.4. The van der Waals surface area contributed by atoms with Gasteiger partial charge in [0.15, 0.2) is 6.61 Å². The molecule has 0 unspecified atom stereocenters. The van der Waals surface area contributed by atoms with Gasteiger partial charge in [-0.15, -0.1) is 0 Å². The Morgan fingerprint density at radius 3 is 2.71 bits per heavy atom. The van der Waals surface area contributed by atoms with Gasteiger partial charge in [-0.2, -0.15) is 5.10 Å². The molecule has 8 heteroatoms. The number of amides is 2. The lowest BCUT2D eigenvalue weighted by molar-refractivity contribution is -0.910. The quantitative estimate of drug-likeness (QED) is 0.436. The third-order valence-corrected chi connectivity index (χ3v) is 5.40. The number of benzene rings is 2. The molecule has 2 amide bonds. The number of phenolic OH excluding ortho intramolecular Hbond substituents is 1. The maximum atomic E-state index is 12.5. The Balaban J connectivity index is 1.68. The van der Waals surface area contributed by atoms with Crippen LogP contribution >= 0.6 is 0 Å². The van der Waals surface area contributed by atoms with Crippen molar-refractivity contribution >= 4 is 23.2 Å². The van der Waals surface area contributed by atoms with E-state index in [-0.39, 0.29) is 24.8 Å². The second-order valence-electron chi connectivity index (χ2n) is 7.45. The molecule has 8 nitrogen and oxygen atoms in total. The number of anilines is 1. The number of ether oxygens (including phenoxy) is 1. The molecule has 0 aromatic heterocycles. The number of quaternary nitrogens is 1. The third-order valence-electron chi connectivity index (χ3n) is 5.40. The molecule has 0 aliphatic carbocycles. The van der Waals surface area contributed by atoms with Gasteiger partial charge in [-0.1, -0.05) is 12.1 Å².